The van der Waals surface area contributed by atoms with Crippen molar-refractivity contribution >= 4 is 0 Å². The normalized spacial score (nSPS) is 23.9. The summed E-state index contributed by atoms with van der Waals surface area (Å²) in [4.78, 5) is 10.5. The quantitative estimate of drug-likeness (QED) is 0.433. The van der Waals surface area contributed by atoms with Gasteiger partial charge in [0.1, 0.15) is 0 Å². The highest BCUT2D eigenvalue weighted by atomic mass is 16.3. The molecule has 1 saturated heterocycles. The van der Waals surface area contributed by atoms with Crippen molar-refractivity contribution in [2.45, 2.75) is 19.8 Å². The first-order chi connectivity index (χ1) is 3.79. The fourth-order valence-electron chi connectivity index (χ4n) is 0.985. The Morgan fingerprint density at radius 1 is 1.38 bits per heavy atom. The fraction of sp³-hybridized carbons (Fsp3) is 1.00. The Morgan fingerprint density at radius 3 is 2.25 bits per heavy atom. The van der Waals surface area contributed by atoms with Crippen molar-refractivity contribution in [2.75, 3.05) is 13.1 Å². The largest absolute Gasteiger partial charge is 0.192 e. The lowest BCUT2D eigenvalue weighted by Crippen LogP contribution is -2.21. The molecule has 0 aliphatic carbocycles. The van der Waals surface area contributed by atoms with E-state index in [1.807, 2.05) is 0 Å². The Labute approximate surface area is 49.5 Å². The molecule has 0 amide bonds. The van der Waals surface area contributed by atoms with Crippen LogP contribution in [0.1, 0.15) is 19.8 Å². The van der Waals surface area contributed by atoms with Crippen molar-refractivity contribution in [2.24, 2.45) is 5.92 Å². The number of nitrogens with zero attached hydrogens (tertiary/aromatic N) is 1. The predicted octanol–water partition coefficient (Wildman–Crippen LogP) is 1.20. The molecule has 1 rings (SSSR count). The van der Waals surface area contributed by atoms with Crippen LogP contribution in [0.3, 0.4) is 0 Å². The standard InChI is InChI=1S/C6H12NO/c1-6-2-4-7(8)5-3-6/h6H,2-5H2,1H3/q+1. The van der Waals surface area contributed by atoms with Crippen molar-refractivity contribution in [3.63, 3.8) is 0 Å². The van der Waals surface area contributed by atoms with E-state index in [0.29, 0.717) is 0 Å². The van der Waals surface area contributed by atoms with Gasteiger partial charge in [-0.15, -0.1) is 0 Å². The number of hydrogen-bond donors (Lipinski definition) is 0. The summed E-state index contributed by atoms with van der Waals surface area (Å²) in [5, 5.41) is 0. The molecule has 46 valence electrons. The minimum Gasteiger partial charge on any atom is -0.0620 e. The molecule has 8 heavy (non-hydrogen) atoms. The maximum Gasteiger partial charge on any atom is 0.192 e. The van der Waals surface area contributed by atoms with Crippen molar-refractivity contribution in [3.8, 4) is 0 Å². The van der Waals surface area contributed by atoms with Gasteiger partial charge in [0.2, 0.25) is 0 Å². The Balaban J connectivity index is 2.29. The van der Waals surface area contributed by atoms with Crippen molar-refractivity contribution in [1.29, 1.82) is 0 Å². The topological polar surface area (TPSA) is 20.1 Å². The van der Waals surface area contributed by atoms with Gasteiger partial charge in [0, 0.05) is 17.7 Å². The molecule has 0 unspecified atom stereocenters. The Kier molecular flexibility index (Phi) is 1.61. The van der Waals surface area contributed by atoms with Crippen LogP contribution in [0.5, 0.6) is 0 Å². The molecule has 0 aromatic rings. The molecule has 0 spiro atoms. The van der Waals surface area contributed by atoms with Crippen LogP contribution in [-0.4, -0.2) is 17.8 Å². The molecule has 0 aromatic carbocycles. The molecule has 0 aromatic heterocycles. The van der Waals surface area contributed by atoms with Gasteiger partial charge in [-0.25, -0.2) is 0 Å². The zero-order chi connectivity index (χ0) is 5.98. The molecule has 1 aliphatic heterocycles. The summed E-state index contributed by atoms with van der Waals surface area (Å²) in [6, 6.07) is 0. The van der Waals surface area contributed by atoms with Crippen LogP contribution in [0.4, 0.5) is 0 Å². The van der Waals surface area contributed by atoms with Gasteiger partial charge in [-0.05, 0) is 10.7 Å². The van der Waals surface area contributed by atoms with Crippen LogP contribution in [-0.2, 0) is 0 Å². The highest BCUT2D eigenvalue weighted by molar-refractivity contribution is 4.54. The van der Waals surface area contributed by atoms with E-state index >= 15 is 0 Å². The van der Waals surface area contributed by atoms with Crippen LogP contribution in [0.25, 0.3) is 0 Å². The minimum atomic E-state index is 0.751. The molecule has 1 heterocycles. The van der Waals surface area contributed by atoms with Crippen molar-refractivity contribution < 1.29 is 4.76 Å². The molecule has 0 N–H and O–H groups in total. The SMILES string of the molecule is CC1CC[N+](=O)CC1. The summed E-state index contributed by atoms with van der Waals surface area (Å²) in [5.74, 6) is 0.778. The average Bonchev–Trinajstić information content (AvgIpc) is 1.77. The smallest absolute Gasteiger partial charge is 0.0620 e. The molecule has 0 atom stereocenters. The van der Waals surface area contributed by atoms with Gasteiger partial charge in [-0.1, -0.05) is 6.92 Å². The third-order valence-electron chi connectivity index (χ3n) is 1.74. The van der Waals surface area contributed by atoms with Crippen LogP contribution < -0.4 is 0 Å². The molecular weight excluding hydrogens is 102 g/mol. The maximum atomic E-state index is 10.5. The van der Waals surface area contributed by atoms with Crippen molar-refractivity contribution in [1.82, 2.24) is 0 Å². The van der Waals surface area contributed by atoms with Crippen molar-refractivity contribution in [3.05, 3.63) is 4.91 Å². The first kappa shape index (κ1) is 5.73. The van der Waals surface area contributed by atoms with Gasteiger partial charge in [0.05, 0.1) is 0 Å². The fourth-order valence-corrected chi connectivity index (χ4v) is 0.985. The van der Waals surface area contributed by atoms with E-state index in [0.717, 1.165) is 36.6 Å². The van der Waals surface area contributed by atoms with Crippen LogP contribution in [0.15, 0.2) is 0 Å². The highest BCUT2D eigenvalue weighted by Gasteiger charge is 2.19. The molecular formula is C6H12NO+. The Hall–Kier alpha value is -0.400. The van der Waals surface area contributed by atoms with Gasteiger partial charge in [0.25, 0.3) is 0 Å². The summed E-state index contributed by atoms with van der Waals surface area (Å²) in [6.07, 6.45) is 2.17. The lowest BCUT2D eigenvalue weighted by molar-refractivity contribution is -0.560. The van der Waals surface area contributed by atoms with Gasteiger partial charge >= 0.3 is 0 Å². The van der Waals surface area contributed by atoms with Crippen LogP contribution in [0.2, 0.25) is 0 Å². The first-order valence-corrected chi connectivity index (χ1v) is 3.21. The summed E-state index contributed by atoms with van der Waals surface area (Å²) in [5.41, 5.74) is 0. The zero-order valence-corrected chi connectivity index (χ0v) is 5.26. The third kappa shape index (κ3) is 1.29. The molecule has 2 nitrogen and oxygen atoms in total. The Bertz CT molecular complexity index is 90.7. The number of rotatable bonds is 0. The molecule has 0 radical (unpaired) electrons. The van der Waals surface area contributed by atoms with E-state index < -0.39 is 0 Å². The van der Waals surface area contributed by atoms with Gasteiger partial charge in [-0.3, -0.25) is 0 Å². The second-order valence-corrected chi connectivity index (χ2v) is 2.61. The molecule has 0 bridgehead atoms. The maximum absolute atomic E-state index is 10.5. The van der Waals surface area contributed by atoms with E-state index in [4.69, 9.17) is 0 Å². The summed E-state index contributed by atoms with van der Waals surface area (Å²) in [6.45, 7) is 3.70. The van der Waals surface area contributed by atoms with Gasteiger partial charge in [-0.2, -0.15) is 0 Å². The number of piperidine rings is 1. The predicted molar refractivity (Wildman–Crippen MR) is 31.8 cm³/mol. The molecule has 0 saturated carbocycles. The summed E-state index contributed by atoms with van der Waals surface area (Å²) >= 11 is 0. The minimum absolute atomic E-state index is 0.751. The van der Waals surface area contributed by atoms with E-state index in [2.05, 4.69) is 6.92 Å². The average molecular weight is 114 g/mol. The third-order valence-corrected chi connectivity index (χ3v) is 1.74. The van der Waals surface area contributed by atoms with Crippen LogP contribution in [0, 0.1) is 10.8 Å². The second kappa shape index (κ2) is 2.25. The number of nitroso groups, excluding NO2 is 1. The monoisotopic (exact) mass is 114 g/mol. The van der Waals surface area contributed by atoms with Gasteiger partial charge in [0.15, 0.2) is 13.1 Å². The molecule has 1 fully saturated rings. The van der Waals surface area contributed by atoms with Crippen LogP contribution >= 0.6 is 0 Å². The second-order valence-electron chi connectivity index (χ2n) is 2.61. The Morgan fingerprint density at radius 2 is 1.88 bits per heavy atom. The molecule has 2 heteroatoms. The van der Waals surface area contributed by atoms with E-state index in [-0.39, 0.29) is 0 Å². The van der Waals surface area contributed by atoms with E-state index in [1.165, 1.54) is 0 Å². The van der Waals surface area contributed by atoms with E-state index in [9.17, 15) is 4.91 Å². The highest BCUT2D eigenvalue weighted by Crippen LogP contribution is 2.11. The lowest BCUT2D eigenvalue weighted by atomic mass is 10.0. The lowest BCUT2D eigenvalue weighted by Gasteiger charge is -2.09. The zero-order valence-electron chi connectivity index (χ0n) is 5.26. The molecule has 1 aliphatic rings. The van der Waals surface area contributed by atoms with E-state index in [1.54, 1.807) is 0 Å². The van der Waals surface area contributed by atoms with Gasteiger partial charge < -0.3 is 0 Å². The first-order valence-electron chi connectivity index (χ1n) is 3.21. The number of hydrogen-bond acceptors (Lipinski definition) is 1. The summed E-state index contributed by atoms with van der Waals surface area (Å²) in [7, 11) is 0. The summed E-state index contributed by atoms with van der Waals surface area (Å²) < 4.78 is 1.15.